The van der Waals surface area contributed by atoms with Crippen LogP contribution >= 0.6 is 0 Å². The van der Waals surface area contributed by atoms with Crippen molar-refractivity contribution in [2.24, 2.45) is 0 Å². The van der Waals surface area contributed by atoms with Gasteiger partial charge in [-0.2, -0.15) is 0 Å². The van der Waals surface area contributed by atoms with Crippen molar-refractivity contribution in [3.63, 3.8) is 0 Å². The predicted molar refractivity (Wildman–Crippen MR) is 205 cm³/mol. The van der Waals surface area contributed by atoms with Gasteiger partial charge >= 0.3 is 0 Å². The van der Waals surface area contributed by atoms with E-state index in [0.29, 0.717) is 0 Å². The predicted octanol–water partition coefficient (Wildman–Crippen LogP) is 11.3. The topological polar surface area (TPSA) is 13.1 Å². The molecule has 0 amide bonds. The van der Waals surface area contributed by atoms with E-state index in [-0.39, 0.29) is 0 Å². The number of rotatable bonds is 15. The Labute approximate surface area is 372 Å². The monoisotopic (exact) mass is 991 g/mol. The van der Waals surface area contributed by atoms with E-state index in [1.54, 1.807) is 4.73 Å². The summed E-state index contributed by atoms with van der Waals surface area (Å²) in [5.41, 5.74) is -12.9. The van der Waals surface area contributed by atoms with Crippen molar-refractivity contribution in [3.8, 4) is 5.75 Å². The highest BCUT2D eigenvalue weighted by Gasteiger charge is 2.52. The van der Waals surface area contributed by atoms with Gasteiger partial charge in [0.15, 0.2) is 69.8 Å². The molecule has 0 aliphatic rings. The van der Waals surface area contributed by atoms with Gasteiger partial charge < -0.3 is 0 Å². The quantitative estimate of drug-likeness (QED) is 0.0250. The number of halogens is 20. The van der Waals surface area contributed by atoms with Crippen LogP contribution in [-0.2, 0) is 6.42 Å². The molecule has 364 valence electrons. The Balaban J connectivity index is 0.000000314. The Morgan fingerprint density at radius 2 is 0.603 bits per heavy atom. The van der Waals surface area contributed by atoms with Crippen LogP contribution in [0.25, 0.3) is 0 Å². The molecule has 0 saturated heterocycles. The summed E-state index contributed by atoms with van der Waals surface area (Å²) in [7, 11) is 0. The Bertz CT molecular complexity index is 2430. The molecule has 23 heteroatoms. The molecule has 68 heavy (non-hydrogen) atoms. The SMILES string of the molecule is CCCCCCCCCCc1ccc(O[n+]2ccccc2)cc1.Fc1c(F)c(F)c([B-](c2c(F)c(F)c(F)c(F)c2F)(c2c(F)c(F)c(F)c(F)c2F)c2c(F)c(F)c(F)c(F)c2F)c(F)c1F. The Morgan fingerprint density at radius 3 is 0.897 bits per heavy atom. The van der Waals surface area contributed by atoms with Gasteiger partial charge in [-0.15, -0.1) is 21.9 Å². The maximum absolute atomic E-state index is 15.4. The van der Waals surface area contributed by atoms with Crippen molar-refractivity contribution >= 4 is 28.0 Å². The number of hydrogen-bond acceptors (Lipinski definition) is 1. The van der Waals surface area contributed by atoms with Crippen molar-refractivity contribution in [1.29, 1.82) is 0 Å². The summed E-state index contributed by atoms with van der Waals surface area (Å²) < 4.78 is 296. The van der Waals surface area contributed by atoms with Gasteiger partial charge in [0.25, 0.3) is 0 Å². The normalized spacial score (nSPS) is 11.5. The van der Waals surface area contributed by atoms with Gasteiger partial charge in [0.1, 0.15) is 52.7 Å². The first-order valence-corrected chi connectivity index (χ1v) is 20.1. The van der Waals surface area contributed by atoms with E-state index in [1.807, 2.05) is 30.6 Å². The highest BCUT2D eigenvalue weighted by molar-refractivity contribution is 7.20. The number of unbranched alkanes of at least 4 members (excludes halogenated alkanes) is 7. The van der Waals surface area contributed by atoms with Crippen LogP contribution in [0.1, 0.15) is 63.9 Å². The molecule has 0 spiro atoms. The molecule has 0 N–H and O–H groups in total. The molecular formula is C45H30BF20NO. The van der Waals surface area contributed by atoms with Crippen molar-refractivity contribution < 1.29 is 97.4 Å². The van der Waals surface area contributed by atoms with Crippen LogP contribution in [0.15, 0.2) is 54.9 Å². The fraction of sp³-hybridized carbons (Fsp3) is 0.222. The smallest absolute Gasteiger partial charge is 0.223 e. The van der Waals surface area contributed by atoms with E-state index in [9.17, 15) is 52.7 Å². The molecule has 1 aromatic heterocycles. The van der Waals surface area contributed by atoms with Crippen LogP contribution in [0.3, 0.4) is 0 Å². The molecule has 0 unspecified atom stereocenters. The van der Waals surface area contributed by atoms with Gasteiger partial charge in [0.2, 0.25) is 18.1 Å². The maximum atomic E-state index is 15.4. The maximum Gasteiger partial charge on any atom is 0.223 e. The molecular weight excluding hydrogens is 961 g/mol. The Morgan fingerprint density at radius 1 is 0.338 bits per heavy atom. The number of pyridine rings is 1. The van der Waals surface area contributed by atoms with Crippen LogP contribution in [0.2, 0.25) is 0 Å². The molecule has 0 saturated carbocycles. The summed E-state index contributed by atoms with van der Waals surface area (Å²) in [6.45, 7) is 2.27. The van der Waals surface area contributed by atoms with Gasteiger partial charge in [-0.25, -0.2) is 92.6 Å². The third-order valence-electron chi connectivity index (χ3n) is 10.8. The highest BCUT2D eigenvalue weighted by Crippen LogP contribution is 2.31. The number of hydrogen-bond donors (Lipinski definition) is 0. The zero-order valence-corrected chi connectivity index (χ0v) is 34.6. The lowest BCUT2D eigenvalue weighted by Gasteiger charge is -2.44. The number of aryl methyl sites for hydroxylation is 1. The number of benzene rings is 5. The molecule has 2 nitrogen and oxygen atoms in total. The second-order valence-corrected chi connectivity index (χ2v) is 15.0. The first-order chi connectivity index (χ1) is 32.1. The zero-order chi connectivity index (χ0) is 50.5. The van der Waals surface area contributed by atoms with Crippen LogP contribution in [0, 0.1) is 116 Å². The number of aromatic nitrogens is 1. The van der Waals surface area contributed by atoms with E-state index >= 15 is 35.1 Å². The average Bonchev–Trinajstić information content (AvgIpc) is 3.33. The van der Waals surface area contributed by atoms with E-state index in [4.69, 9.17) is 4.84 Å². The molecule has 0 fully saturated rings. The minimum atomic E-state index is -7.22. The second kappa shape index (κ2) is 21.8. The van der Waals surface area contributed by atoms with Crippen LogP contribution in [0.4, 0.5) is 87.8 Å². The van der Waals surface area contributed by atoms with E-state index < -0.39 is 144 Å². The fourth-order valence-electron chi connectivity index (χ4n) is 7.62. The molecule has 6 aromatic rings. The van der Waals surface area contributed by atoms with Crippen molar-refractivity contribution in [2.75, 3.05) is 0 Å². The lowest BCUT2D eigenvalue weighted by atomic mass is 9.12. The summed E-state index contributed by atoms with van der Waals surface area (Å²) in [5, 5.41) is 0. The third kappa shape index (κ3) is 9.70. The summed E-state index contributed by atoms with van der Waals surface area (Å²) in [6.07, 6.45) is 8.75. The Kier molecular flexibility index (Phi) is 16.9. The minimum absolute atomic E-state index is 0.876. The molecule has 0 bridgehead atoms. The van der Waals surface area contributed by atoms with E-state index in [1.165, 1.54) is 63.4 Å². The molecule has 0 aliphatic carbocycles. The largest absolute Gasteiger partial charge is 0.232 e. The van der Waals surface area contributed by atoms with Gasteiger partial charge in [-0.05, 0) is 30.5 Å². The lowest BCUT2D eigenvalue weighted by Crippen LogP contribution is -2.81. The van der Waals surface area contributed by atoms with Crippen LogP contribution in [-0.4, -0.2) is 6.15 Å². The second-order valence-electron chi connectivity index (χ2n) is 15.0. The van der Waals surface area contributed by atoms with Gasteiger partial charge in [-0.3, -0.25) is 0 Å². The van der Waals surface area contributed by atoms with Crippen LogP contribution < -0.4 is 31.4 Å². The van der Waals surface area contributed by atoms with Crippen LogP contribution in [0.5, 0.6) is 5.75 Å². The van der Waals surface area contributed by atoms with Crippen molar-refractivity contribution in [3.05, 3.63) is 177 Å². The average molecular weight is 992 g/mol. The lowest BCUT2D eigenvalue weighted by molar-refractivity contribution is -0.875. The fourth-order valence-corrected chi connectivity index (χ4v) is 7.62. The molecule has 5 aromatic carbocycles. The molecule has 1 heterocycles. The number of nitrogens with zero attached hydrogens (tertiary/aromatic N) is 1. The van der Waals surface area contributed by atoms with Crippen molar-refractivity contribution in [1.82, 2.24) is 0 Å². The standard InChI is InChI=1S/C24BF20.C21H30NO/c26-5-1(6(27)14(35)21(42)13(5)34)25(2-7(28)15(36)22(43)16(37)8(2)29,3-9(30)17(38)23(44)18(39)10(3)31)4-11(32)19(40)24(45)20(41)12(4)33;1-2-3-4-5-6-7-8-10-13-20-14-16-21(17-15-20)23-22-18-11-9-12-19-22/h;9,11-12,14-19H,2-8,10,13H2,1H3/q-1;+1. The first kappa shape index (κ1) is 52.7. The Hall–Kier alpha value is -6.29. The van der Waals surface area contributed by atoms with E-state index in [2.05, 4.69) is 31.2 Å². The summed E-state index contributed by atoms with van der Waals surface area (Å²) in [5.74, 6) is -70.5. The summed E-state index contributed by atoms with van der Waals surface area (Å²) in [6, 6.07) is 14.4. The minimum Gasteiger partial charge on any atom is -0.232 e. The van der Waals surface area contributed by atoms with Gasteiger partial charge in [0, 0.05) is 16.9 Å². The summed E-state index contributed by atoms with van der Waals surface area (Å²) in [4.78, 5) is 5.74. The summed E-state index contributed by atoms with van der Waals surface area (Å²) >= 11 is 0. The molecule has 6 rings (SSSR count). The van der Waals surface area contributed by atoms with E-state index in [0.717, 1.165) is 5.75 Å². The third-order valence-corrected chi connectivity index (χ3v) is 10.8. The zero-order valence-electron chi connectivity index (χ0n) is 34.6. The molecule has 0 radical (unpaired) electrons. The van der Waals surface area contributed by atoms with Gasteiger partial charge in [0.05, 0.1) is 0 Å². The van der Waals surface area contributed by atoms with Crippen molar-refractivity contribution in [2.45, 2.75) is 64.7 Å². The van der Waals surface area contributed by atoms with Gasteiger partial charge in [-0.1, -0.05) is 70.1 Å². The first-order valence-electron chi connectivity index (χ1n) is 20.1. The molecule has 0 atom stereocenters. The highest BCUT2D eigenvalue weighted by atomic mass is 19.2. The molecule has 0 aliphatic heterocycles.